The summed E-state index contributed by atoms with van der Waals surface area (Å²) in [7, 11) is 0. The Kier molecular flexibility index (Phi) is 6.08. The molecule has 3 aromatic rings. The third kappa shape index (κ3) is 4.39. The lowest BCUT2D eigenvalue weighted by Crippen LogP contribution is -2.23. The molecule has 1 heterocycles. The lowest BCUT2D eigenvalue weighted by atomic mass is 10.0. The molecule has 0 bridgehead atoms. The molecule has 0 spiro atoms. The van der Waals surface area contributed by atoms with Crippen molar-refractivity contribution in [1.29, 1.82) is 0 Å². The van der Waals surface area contributed by atoms with Crippen LogP contribution in [0.4, 0.5) is 8.78 Å². The molecule has 0 fully saturated rings. The van der Waals surface area contributed by atoms with E-state index in [1.807, 2.05) is 6.92 Å². The summed E-state index contributed by atoms with van der Waals surface area (Å²) in [5.41, 5.74) is 2.16. The number of halogens is 2. The number of Topliss-reactive ketones (excluding diaryl/α,β-unsaturated/α-hetero) is 1. The Balaban J connectivity index is 1.71. The second-order valence-electron chi connectivity index (χ2n) is 6.29. The van der Waals surface area contributed by atoms with Crippen LogP contribution in [0.25, 0.3) is 11.0 Å². The summed E-state index contributed by atoms with van der Waals surface area (Å²) < 4.78 is 27.7. The highest BCUT2D eigenvalue weighted by atomic mass is 32.2. The van der Waals surface area contributed by atoms with Crippen molar-refractivity contribution in [2.75, 3.05) is 5.75 Å². The quantitative estimate of drug-likeness (QED) is 0.462. The first kappa shape index (κ1) is 20.0. The van der Waals surface area contributed by atoms with Crippen molar-refractivity contribution in [3.8, 4) is 0 Å². The van der Waals surface area contributed by atoms with Crippen molar-refractivity contribution in [3.05, 3.63) is 59.7 Å². The molecular weight excluding hydrogens is 384 g/mol. The molecule has 1 atom stereocenters. The monoisotopic (exact) mass is 403 g/mol. The number of ketones is 1. The topological polar surface area (TPSA) is 64.0 Å². The zero-order valence-corrected chi connectivity index (χ0v) is 16.2. The zero-order valence-electron chi connectivity index (χ0n) is 15.4. The van der Waals surface area contributed by atoms with Crippen molar-refractivity contribution in [2.24, 2.45) is 0 Å². The number of thioether (sulfide) groups is 1. The van der Waals surface area contributed by atoms with Gasteiger partial charge in [0.25, 0.3) is 0 Å². The van der Waals surface area contributed by atoms with Crippen LogP contribution in [-0.2, 0) is 4.79 Å². The van der Waals surface area contributed by atoms with Gasteiger partial charge in [0, 0.05) is 12.5 Å². The van der Waals surface area contributed by atoms with Gasteiger partial charge in [0.05, 0.1) is 22.8 Å². The zero-order chi connectivity index (χ0) is 20.3. The van der Waals surface area contributed by atoms with Crippen LogP contribution in [0.1, 0.15) is 42.4 Å². The van der Waals surface area contributed by atoms with Crippen LogP contribution < -0.4 is 5.32 Å². The number of para-hydroxylation sites is 2. The molecular formula is C20H19F2N3O2S. The Morgan fingerprint density at radius 1 is 1.14 bits per heavy atom. The van der Waals surface area contributed by atoms with Gasteiger partial charge in [0.2, 0.25) is 5.91 Å². The predicted octanol–water partition coefficient (Wildman–Crippen LogP) is 4.60. The van der Waals surface area contributed by atoms with E-state index in [9.17, 15) is 18.4 Å². The number of alkyl halides is 2. The Hall–Kier alpha value is -2.74. The van der Waals surface area contributed by atoms with Crippen LogP contribution in [0.2, 0.25) is 0 Å². The number of imidazole rings is 1. The number of hydrogen-bond donors (Lipinski definition) is 1. The molecule has 0 saturated carbocycles. The van der Waals surface area contributed by atoms with Gasteiger partial charge in [-0.2, -0.15) is 8.78 Å². The first-order valence-electron chi connectivity index (χ1n) is 8.65. The highest BCUT2D eigenvalue weighted by Crippen LogP contribution is 2.29. The lowest BCUT2D eigenvalue weighted by molar-refractivity contribution is -0.119. The lowest BCUT2D eigenvalue weighted by Gasteiger charge is -2.13. The van der Waals surface area contributed by atoms with Crippen molar-refractivity contribution >= 4 is 34.5 Å². The number of fused-ring (bicyclic) bond motifs is 1. The van der Waals surface area contributed by atoms with E-state index in [4.69, 9.17) is 0 Å². The molecule has 3 rings (SSSR count). The van der Waals surface area contributed by atoms with Crippen LogP contribution in [0.3, 0.4) is 0 Å². The van der Waals surface area contributed by atoms with E-state index in [-0.39, 0.29) is 28.6 Å². The first-order chi connectivity index (χ1) is 13.4. The third-order valence-corrected chi connectivity index (χ3v) is 5.20. The molecule has 146 valence electrons. The summed E-state index contributed by atoms with van der Waals surface area (Å²) in [5, 5.41) is 2.89. The molecule has 0 aliphatic rings. The predicted molar refractivity (Wildman–Crippen MR) is 105 cm³/mol. The fraction of sp³-hybridized carbons (Fsp3) is 0.250. The minimum absolute atomic E-state index is 0.00334. The van der Waals surface area contributed by atoms with E-state index in [0.717, 1.165) is 21.9 Å². The minimum atomic E-state index is -2.74. The Labute approximate surface area is 165 Å². The number of carbonyl (C=O) groups is 2. The summed E-state index contributed by atoms with van der Waals surface area (Å²) in [6.45, 7) is 0.556. The molecule has 0 aliphatic heterocycles. The standard InChI is InChI=1S/C20H19F2N3O2S/c1-12(23-13(2)26)14-7-9-15(10-8-14)18(27)11-28-20-24-16-5-3-4-6-17(16)25(20)19(21)22/h3-10,12,19H,11H2,1-2H3,(H,23,26)/t12-/m1/s1. The fourth-order valence-electron chi connectivity index (χ4n) is 2.87. The van der Waals surface area contributed by atoms with Gasteiger partial charge >= 0.3 is 6.55 Å². The molecule has 0 unspecified atom stereocenters. The minimum Gasteiger partial charge on any atom is -0.350 e. The molecule has 8 heteroatoms. The van der Waals surface area contributed by atoms with Crippen molar-refractivity contribution in [1.82, 2.24) is 14.9 Å². The third-order valence-electron chi connectivity index (χ3n) is 4.24. The fourth-order valence-corrected chi connectivity index (χ4v) is 3.78. The maximum atomic E-state index is 13.4. The maximum absolute atomic E-state index is 13.4. The molecule has 0 aliphatic carbocycles. The van der Waals surface area contributed by atoms with Crippen LogP contribution >= 0.6 is 11.8 Å². The Morgan fingerprint density at radius 2 is 1.82 bits per heavy atom. The second kappa shape index (κ2) is 8.52. The summed E-state index contributed by atoms with van der Waals surface area (Å²) in [6, 6.07) is 13.4. The molecule has 1 N–H and O–H groups in total. The highest BCUT2D eigenvalue weighted by molar-refractivity contribution is 7.99. The molecule has 5 nitrogen and oxygen atoms in total. The van der Waals surface area contributed by atoms with Crippen LogP contribution in [-0.4, -0.2) is 27.0 Å². The Morgan fingerprint density at radius 3 is 2.46 bits per heavy atom. The van der Waals surface area contributed by atoms with Crippen molar-refractivity contribution in [2.45, 2.75) is 31.6 Å². The van der Waals surface area contributed by atoms with Gasteiger partial charge in [-0.3, -0.25) is 14.2 Å². The number of nitrogens with one attached hydrogen (secondary N) is 1. The molecule has 28 heavy (non-hydrogen) atoms. The number of nitrogens with zero attached hydrogens (tertiary/aromatic N) is 2. The highest BCUT2D eigenvalue weighted by Gasteiger charge is 2.19. The smallest absolute Gasteiger partial charge is 0.321 e. The normalized spacial score (nSPS) is 12.3. The molecule has 2 aromatic carbocycles. The van der Waals surface area contributed by atoms with Gasteiger partial charge in [-0.1, -0.05) is 48.2 Å². The molecule has 1 aromatic heterocycles. The van der Waals surface area contributed by atoms with Crippen molar-refractivity contribution in [3.63, 3.8) is 0 Å². The van der Waals surface area contributed by atoms with Gasteiger partial charge in [0.1, 0.15) is 0 Å². The van der Waals surface area contributed by atoms with Crippen molar-refractivity contribution < 1.29 is 18.4 Å². The van der Waals surface area contributed by atoms with Gasteiger partial charge < -0.3 is 5.32 Å². The van der Waals surface area contributed by atoms with E-state index in [0.29, 0.717) is 16.6 Å². The van der Waals surface area contributed by atoms with E-state index in [2.05, 4.69) is 10.3 Å². The number of benzene rings is 2. The van der Waals surface area contributed by atoms with E-state index >= 15 is 0 Å². The maximum Gasteiger partial charge on any atom is 0.321 e. The number of aromatic nitrogens is 2. The van der Waals surface area contributed by atoms with Crippen LogP contribution in [0.15, 0.2) is 53.7 Å². The molecule has 0 radical (unpaired) electrons. The Bertz CT molecular complexity index is 1000. The summed E-state index contributed by atoms with van der Waals surface area (Å²) in [5.74, 6) is -0.320. The van der Waals surface area contributed by atoms with E-state index in [1.165, 1.54) is 6.92 Å². The SMILES string of the molecule is CC(=O)N[C@H](C)c1ccc(C(=O)CSc2nc3ccccc3n2C(F)F)cc1. The van der Waals surface area contributed by atoms with Gasteiger partial charge in [-0.05, 0) is 24.6 Å². The van der Waals surface area contributed by atoms with Crippen LogP contribution in [0, 0.1) is 0 Å². The second-order valence-corrected chi connectivity index (χ2v) is 7.23. The van der Waals surface area contributed by atoms with E-state index in [1.54, 1.807) is 48.5 Å². The number of rotatable bonds is 7. The molecule has 0 saturated heterocycles. The largest absolute Gasteiger partial charge is 0.350 e. The first-order valence-corrected chi connectivity index (χ1v) is 9.63. The van der Waals surface area contributed by atoms with Gasteiger partial charge in [-0.25, -0.2) is 4.98 Å². The number of carbonyl (C=O) groups excluding carboxylic acids is 2. The van der Waals surface area contributed by atoms with Gasteiger partial charge in [0.15, 0.2) is 10.9 Å². The number of amides is 1. The van der Waals surface area contributed by atoms with E-state index < -0.39 is 6.55 Å². The number of hydrogen-bond acceptors (Lipinski definition) is 4. The molecule has 1 amide bonds. The van der Waals surface area contributed by atoms with Crippen LogP contribution in [0.5, 0.6) is 0 Å². The average Bonchev–Trinajstić information content (AvgIpc) is 3.04. The van der Waals surface area contributed by atoms with Gasteiger partial charge in [-0.15, -0.1) is 0 Å². The average molecular weight is 403 g/mol. The summed E-state index contributed by atoms with van der Waals surface area (Å²) >= 11 is 0.988. The summed E-state index contributed by atoms with van der Waals surface area (Å²) in [4.78, 5) is 27.8. The summed E-state index contributed by atoms with van der Waals surface area (Å²) in [6.07, 6.45) is 0.